The molecule has 0 aromatic carbocycles. The van der Waals surface area contributed by atoms with Crippen molar-refractivity contribution in [2.75, 3.05) is 11.9 Å². The van der Waals surface area contributed by atoms with Crippen LogP contribution in [0.25, 0.3) is 5.65 Å². The average Bonchev–Trinajstić information content (AvgIpc) is 2.98. The Morgan fingerprint density at radius 1 is 1.33 bits per heavy atom. The second kappa shape index (κ2) is 4.44. The lowest BCUT2D eigenvalue weighted by molar-refractivity contribution is 0.410. The summed E-state index contributed by atoms with van der Waals surface area (Å²) in [5, 5.41) is 11.2. The Morgan fingerprint density at radius 2 is 2.28 bits per heavy atom. The van der Waals surface area contributed by atoms with Crippen LogP contribution in [0, 0.1) is 6.92 Å². The first-order valence-corrected chi connectivity index (χ1v) is 5.62. The third kappa shape index (κ3) is 2.02. The van der Waals surface area contributed by atoms with Gasteiger partial charge in [-0.05, 0) is 24.6 Å². The van der Waals surface area contributed by atoms with Crippen LogP contribution in [-0.2, 0) is 6.42 Å². The van der Waals surface area contributed by atoms with Crippen molar-refractivity contribution in [2.24, 2.45) is 0 Å². The quantitative estimate of drug-likeness (QED) is 0.739. The van der Waals surface area contributed by atoms with Crippen molar-refractivity contribution in [3.05, 3.63) is 36.2 Å². The van der Waals surface area contributed by atoms with Crippen LogP contribution >= 0.6 is 0 Å². The second-order valence-electron chi connectivity index (χ2n) is 3.97. The van der Waals surface area contributed by atoms with Gasteiger partial charge in [0.2, 0.25) is 6.39 Å². The van der Waals surface area contributed by atoms with Crippen molar-refractivity contribution in [1.29, 1.82) is 0 Å². The molecule has 1 N–H and O–H groups in total. The summed E-state index contributed by atoms with van der Waals surface area (Å²) in [6.45, 7) is 2.73. The molecule has 3 heterocycles. The molecule has 92 valence electrons. The van der Waals surface area contributed by atoms with Gasteiger partial charge in [-0.15, -0.1) is 0 Å². The molecule has 0 amide bonds. The molecule has 3 aromatic rings. The maximum atomic E-state index is 4.68. The first-order valence-electron chi connectivity index (χ1n) is 5.62. The summed E-state index contributed by atoms with van der Waals surface area (Å²) in [6, 6.07) is 4.01. The number of nitrogens with zero attached hydrogens (tertiary/aromatic N) is 5. The van der Waals surface area contributed by atoms with Gasteiger partial charge in [0, 0.05) is 13.0 Å². The number of nitrogens with one attached hydrogen (secondary N) is 1. The van der Waals surface area contributed by atoms with Crippen molar-refractivity contribution in [3.8, 4) is 0 Å². The van der Waals surface area contributed by atoms with E-state index in [1.165, 1.54) is 6.39 Å². The SMILES string of the molecule is Cc1cc(NCCc2ncon2)n2ncnc2c1. The minimum absolute atomic E-state index is 0.685. The molecule has 0 saturated heterocycles. The lowest BCUT2D eigenvalue weighted by atomic mass is 10.3. The molecule has 3 aromatic heterocycles. The van der Waals surface area contributed by atoms with Crippen LogP contribution in [0.2, 0.25) is 0 Å². The van der Waals surface area contributed by atoms with Gasteiger partial charge in [-0.1, -0.05) is 5.16 Å². The number of hydrogen-bond acceptors (Lipinski definition) is 6. The number of fused-ring (bicyclic) bond motifs is 1. The fraction of sp³-hybridized carbons (Fsp3) is 0.273. The predicted octanol–water partition coefficient (Wildman–Crippen LogP) is 1.08. The molecule has 0 fully saturated rings. The minimum Gasteiger partial charge on any atom is -0.369 e. The van der Waals surface area contributed by atoms with Crippen LogP contribution in [0.1, 0.15) is 11.4 Å². The Bertz CT molecular complexity index is 645. The highest BCUT2D eigenvalue weighted by molar-refractivity contribution is 5.51. The lowest BCUT2D eigenvalue weighted by Gasteiger charge is -2.07. The number of hydrogen-bond donors (Lipinski definition) is 1. The topological polar surface area (TPSA) is 81.1 Å². The molecule has 0 atom stereocenters. The zero-order valence-electron chi connectivity index (χ0n) is 9.87. The normalized spacial score (nSPS) is 10.9. The van der Waals surface area contributed by atoms with E-state index in [0.29, 0.717) is 18.8 Å². The summed E-state index contributed by atoms with van der Waals surface area (Å²) in [4.78, 5) is 8.14. The van der Waals surface area contributed by atoms with Gasteiger partial charge in [0.25, 0.3) is 0 Å². The van der Waals surface area contributed by atoms with Gasteiger partial charge in [-0.2, -0.15) is 14.6 Å². The highest BCUT2D eigenvalue weighted by atomic mass is 16.5. The molecule has 0 radical (unpaired) electrons. The number of aryl methyl sites for hydroxylation is 1. The van der Waals surface area contributed by atoms with Gasteiger partial charge < -0.3 is 9.84 Å². The van der Waals surface area contributed by atoms with Gasteiger partial charge in [0.1, 0.15) is 12.1 Å². The standard InChI is InChI=1S/C11H12N6O/c1-8-4-10(17-11(5-8)13-6-15-17)12-3-2-9-14-7-18-16-9/h4-7,12H,2-3H2,1H3. The Morgan fingerprint density at radius 3 is 3.11 bits per heavy atom. The molecule has 0 aliphatic rings. The molecule has 0 aliphatic carbocycles. The van der Waals surface area contributed by atoms with E-state index in [-0.39, 0.29) is 0 Å². The zero-order chi connectivity index (χ0) is 12.4. The third-order valence-electron chi connectivity index (χ3n) is 2.59. The van der Waals surface area contributed by atoms with Gasteiger partial charge in [-0.25, -0.2) is 4.98 Å². The van der Waals surface area contributed by atoms with E-state index in [4.69, 9.17) is 0 Å². The van der Waals surface area contributed by atoms with Crippen LogP contribution in [-0.4, -0.2) is 31.3 Å². The fourth-order valence-electron chi connectivity index (χ4n) is 1.79. The van der Waals surface area contributed by atoms with E-state index in [2.05, 4.69) is 30.1 Å². The number of anilines is 1. The summed E-state index contributed by atoms with van der Waals surface area (Å²) in [7, 11) is 0. The van der Waals surface area contributed by atoms with Crippen LogP contribution in [0.4, 0.5) is 5.82 Å². The summed E-state index contributed by atoms with van der Waals surface area (Å²) in [5.41, 5.74) is 1.97. The average molecular weight is 244 g/mol. The van der Waals surface area contributed by atoms with Crippen LogP contribution in [0.15, 0.2) is 29.4 Å². The van der Waals surface area contributed by atoms with E-state index >= 15 is 0 Å². The van der Waals surface area contributed by atoms with Crippen LogP contribution < -0.4 is 5.32 Å². The number of aromatic nitrogens is 5. The molecular weight excluding hydrogens is 232 g/mol. The van der Waals surface area contributed by atoms with Crippen molar-refractivity contribution in [3.63, 3.8) is 0 Å². The summed E-state index contributed by atoms with van der Waals surface area (Å²) in [5.74, 6) is 1.59. The Balaban J connectivity index is 1.75. The molecule has 7 nitrogen and oxygen atoms in total. The number of rotatable bonds is 4. The van der Waals surface area contributed by atoms with E-state index in [1.54, 1.807) is 10.8 Å². The van der Waals surface area contributed by atoms with Crippen LogP contribution in [0.5, 0.6) is 0 Å². The van der Waals surface area contributed by atoms with E-state index in [1.807, 2.05) is 19.1 Å². The van der Waals surface area contributed by atoms with Gasteiger partial charge in [0.05, 0.1) is 0 Å². The van der Waals surface area contributed by atoms with Crippen LogP contribution in [0.3, 0.4) is 0 Å². The van der Waals surface area contributed by atoms with Gasteiger partial charge >= 0.3 is 0 Å². The monoisotopic (exact) mass is 244 g/mol. The Hall–Kier alpha value is -2.44. The molecular formula is C11H12N6O. The molecule has 3 rings (SSSR count). The minimum atomic E-state index is 0.685. The Kier molecular flexibility index (Phi) is 2.64. The summed E-state index contributed by atoms with van der Waals surface area (Å²) >= 11 is 0. The second-order valence-corrected chi connectivity index (χ2v) is 3.97. The summed E-state index contributed by atoms with van der Waals surface area (Å²) < 4.78 is 6.44. The first kappa shape index (κ1) is 10.7. The van der Waals surface area contributed by atoms with Crippen molar-refractivity contribution >= 4 is 11.5 Å². The van der Waals surface area contributed by atoms with Crippen molar-refractivity contribution < 1.29 is 4.52 Å². The first-order chi connectivity index (χ1) is 8.83. The summed E-state index contributed by atoms with van der Waals surface area (Å²) in [6.07, 6.45) is 3.57. The smallest absolute Gasteiger partial charge is 0.213 e. The number of pyridine rings is 1. The predicted molar refractivity (Wildman–Crippen MR) is 64.2 cm³/mol. The fourth-order valence-corrected chi connectivity index (χ4v) is 1.79. The Labute approximate surface area is 103 Å². The molecule has 0 spiro atoms. The molecule has 0 bridgehead atoms. The molecule has 0 aliphatic heterocycles. The zero-order valence-corrected chi connectivity index (χ0v) is 9.87. The maximum Gasteiger partial charge on any atom is 0.213 e. The largest absolute Gasteiger partial charge is 0.369 e. The molecule has 0 unspecified atom stereocenters. The van der Waals surface area contributed by atoms with Gasteiger partial charge in [0.15, 0.2) is 11.5 Å². The van der Waals surface area contributed by atoms with Gasteiger partial charge in [-0.3, -0.25) is 0 Å². The highest BCUT2D eigenvalue weighted by Crippen LogP contribution is 2.12. The van der Waals surface area contributed by atoms with Crippen molar-refractivity contribution in [1.82, 2.24) is 24.7 Å². The van der Waals surface area contributed by atoms with Crippen molar-refractivity contribution in [2.45, 2.75) is 13.3 Å². The van der Waals surface area contributed by atoms with E-state index < -0.39 is 0 Å². The maximum absolute atomic E-state index is 4.68. The highest BCUT2D eigenvalue weighted by Gasteiger charge is 2.04. The molecule has 18 heavy (non-hydrogen) atoms. The third-order valence-corrected chi connectivity index (χ3v) is 2.59. The van der Waals surface area contributed by atoms with E-state index in [0.717, 1.165) is 17.0 Å². The lowest BCUT2D eigenvalue weighted by Crippen LogP contribution is -2.10. The molecule has 7 heteroatoms. The van der Waals surface area contributed by atoms with E-state index in [9.17, 15) is 0 Å². The molecule has 0 saturated carbocycles.